The van der Waals surface area contributed by atoms with E-state index in [0.717, 1.165) is 11.5 Å². The molecule has 1 aliphatic heterocycles. The number of carbonyl (C=O) groups excluding carboxylic acids is 1. The highest BCUT2D eigenvalue weighted by molar-refractivity contribution is 7.98. The van der Waals surface area contributed by atoms with E-state index in [4.69, 9.17) is 9.26 Å². The molecule has 24 heavy (non-hydrogen) atoms. The second-order valence-corrected chi connectivity index (χ2v) is 7.37. The van der Waals surface area contributed by atoms with Crippen LogP contribution in [-0.2, 0) is 10.5 Å². The van der Waals surface area contributed by atoms with Crippen LogP contribution in [0.1, 0.15) is 35.7 Å². The van der Waals surface area contributed by atoms with Gasteiger partial charge in [0.05, 0.1) is 23.5 Å². The monoisotopic (exact) mass is 347 g/mol. The van der Waals surface area contributed by atoms with Crippen LogP contribution in [0.4, 0.5) is 0 Å². The van der Waals surface area contributed by atoms with E-state index in [1.165, 1.54) is 11.8 Å². The molecular formula is C17H21N3O3S. The Labute approximate surface area is 145 Å². The van der Waals surface area contributed by atoms with Crippen LogP contribution >= 0.6 is 11.8 Å². The van der Waals surface area contributed by atoms with E-state index < -0.39 is 0 Å². The molecule has 2 aromatic heterocycles. The zero-order chi connectivity index (χ0) is 17.2. The molecule has 128 valence electrons. The number of morpholine rings is 1. The number of aryl methyl sites for hydroxylation is 1. The van der Waals surface area contributed by atoms with Crippen molar-refractivity contribution < 1.29 is 14.1 Å². The number of hydrogen-bond donors (Lipinski definition) is 0. The van der Waals surface area contributed by atoms with Crippen LogP contribution in [0.15, 0.2) is 33.9 Å². The average molecular weight is 347 g/mol. The Morgan fingerprint density at radius 1 is 1.46 bits per heavy atom. The summed E-state index contributed by atoms with van der Waals surface area (Å²) in [4.78, 5) is 19.1. The van der Waals surface area contributed by atoms with Crippen molar-refractivity contribution in [2.24, 2.45) is 0 Å². The fourth-order valence-corrected chi connectivity index (χ4v) is 3.52. The second kappa shape index (κ2) is 6.94. The van der Waals surface area contributed by atoms with Gasteiger partial charge in [0.15, 0.2) is 0 Å². The summed E-state index contributed by atoms with van der Waals surface area (Å²) in [6, 6.07) is 5.51. The first-order chi connectivity index (χ1) is 11.4. The van der Waals surface area contributed by atoms with Gasteiger partial charge in [-0.05, 0) is 32.9 Å². The van der Waals surface area contributed by atoms with Gasteiger partial charge in [0, 0.05) is 31.1 Å². The molecule has 0 saturated carbocycles. The lowest BCUT2D eigenvalue weighted by Crippen LogP contribution is -2.50. The second-order valence-electron chi connectivity index (χ2n) is 6.41. The molecule has 0 spiro atoms. The molecule has 0 aliphatic carbocycles. The quantitative estimate of drug-likeness (QED) is 0.792. The highest BCUT2D eigenvalue weighted by atomic mass is 32.2. The number of aromatic nitrogens is 2. The van der Waals surface area contributed by atoms with Crippen molar-refractivity contribution in [3.63, 3.8) is 0 Å². The van der Waals surface area contributed by atoms with Gasteiger partial charge in [-0.2, -0.15) is 0 Å². The van der Waals surface area contributed by atoms with Crippen LogP contribution in [0, 0.1) is 6.92 Å². The molecule has 0 N–H and O–H groups in total. The first-order valence-electron chi connectivity index (χ1n) is 7.88. The fraction of sp³-hybridized carbons (Fsp3) is 0.471. The van der Waals surface area contributed by atoms with Gasteiger partial charge < -0.3 is 14.2 Å². The highest BCUT2D eigenvalue weighted by Gasteiger charge is 2.31. The van der Waals surface area contributed by atoms with Crippen LogP contribution < -0.4 is 0 Å². The smallest absolute Gasteiger partial charge is 0.256 e. The van der Waals surface area contributed by atoms with Gasteiger partial charge in [0.2, 0.25) is 0 Å². The molecule has 3 heterocycles. The van der Waals surface area contributed by atoms with Crippen molar-refractivity contribution in [1.29, 1.82) is 0 Å². The van der Waals surface area contributed by atoms with Crippen molar-refractivity contribution in [3.8, 4) is 0 Å². The summed E-state index contributed by atoms with van der Waals surface area (Å²) in [5.74, 6) is 1.39. The lowest BCUT2D eigenvalue weighted by Gasteiger charge is -2.38. The number of thioether (sulfide) groups is 1. The zero-order valence-electron chi connectivity index (χ0n) is 14.1. The lowest BCUT2D eigenvalue weighted by atomic mass is 10.1. The average Bonchev–Trinajstić information content (AvgIpc) is 2.97. The van der Waals surface area contributed by atoms with E-state index in [1.807, 2.05) is 37.8 Å². The predicted molar refractivity (Wildman–Crippen MR) is 91.0 cm³/mol. The summed E-state index contributed by atoms with van der Waals surface area (Å²) in [6.07, 6.45) is 1.70. The molecule has 0 radical (unpaired) electrons. The van der Waals surface area contributed by atoms with Crippen LogP contribution in [0.2, 0.25) is 0 Å². The van der Waals surface area contributed by atoms with E-state index in [9.17, 15) is 4.79 Å². The van der Waals surface area contributed by atoms with Crippen LogP contribution in [0.25, 0.3) is 0 Å². The molecule has 1 amide bonds. The van der Waals surface area contributed by atoms with Crippen LogP contribution in [-0.4, -0.2) is 46.2 Å². The third-order valence-corrected chi connectivity index (χ3v) is 4.79. The Bertz CT molecular complexity index is 729. The first-order valence-corrected chi connectivity index (χ1v) is 8.86. The molecule has 0 aromatic carbocycles. The molecule has 1 fully saturated rings. The van der Waals surface area contributed by atoms with Gasteiger partial charge in [-0.3, -0.25) is 4.79 Å². The summed E-state index contributed by atoms with van der Waals surface area (Å²) in [5, 5.41) is 4.69. The maximum Gasteiger partial charge on any atom is 0.256 e. The standard InChI is InChI=1S/C17H21N3O3S/c1-12-9-13(19-23-12)10-24-15-14(5-4-6-18-15)16(21)20-7-8-22-17(2,3)11-20/h4-6,9H,7-8,10-11H2,1-3H3. The SMILES string of the molecule is Cc1cc(CSc2ncccc2C(=O)N2CCOC(C)(C)C2)no1. The van der Waals surface area contributed by atoms with E-state index >= 15 is 0 Å². The van der Waals surface area contributed by atoms with Gasteiger partial charge in [-0.15, -0.1) is 0 Å². The molecule has 0 bridgehead atoms. The molecule has 7 heteroatoms. The number of ether oxygens (including phenoxy) is 1. The van der Waals surface area contributed by atoms with Gasteiger partial charge in [-0.1, -0.05) is 16.9 Å². The molecule has 1 saturated heterocycles. The minimum atomic E-state index is -0.318. The lowest BCUT2D eigenvalue weighted by molar-refractivity contribution is -0.0764. The Morgan fingerprint density at radius 3 is 3.00 bits per heavy atom. The number of rotatable bonds is 4. The number of pyridine rings is 1. The number of amides is 1. The molecule has 2 aromatic rings. The maximum absolute atomic E-state index is 12.9. The third-order valence-electron chi connectivity index (χ3n) is 3.75. The molecular weight excluding hydrogens is 326 g/mol. The molecule has 1 aliphatic rings. The molecule has 6 nitrogen and oxygen atoms in total. The predicted octanol–water partition coefficient (Wildman–Crippen LogP) is 2.92. The van der Waals surface area contributed by atoms with Crippen molar-refractivity contribution in [3.05, 3.63) is 41.4 Å². The highest BCUT2D eigenvalue weighted by Crippen LogP contribution is 2.26. The number of carbonyl (C=O) groups is 1. The van der Waals surface area contributed by atoms with Crippen molar-refractivity contribution in [2.75, 3.05) is 19.7 Å². The molecule has 0 unspecified atom stereocenters. The van der Waals surface area contributed by atoms with Gasteiger partial charge in [0.25, 0.3) is 5.91 Å². The molecule has 3 rings (SSSR count). The fourth-order valence-electron chi connectivity index (χ4n) is 2.66. The van der Waals surface area contributed by atoms with Crippen LogP contribution in [0.3, 0.4) is 0 Å². The Morgan fingerprint density at radius 2 is 2.29 bits per heavy atom. The van der Waals surface area contributed by atoms with E-state index in [-0.39, 0.29) is 11.5 Å². The van der Waals surface area contributed by atoms with Crippen molar-refractivity contribution in [1.82, 2.24) is 15.0 Å². The van der Waals surface area contributed by atoms with Crippen molar-refractivity contribution in [2.45, 2.75) is 37.2 Å². The van der Waals surface area contributed by atoms with Crippen LogP contribution in [0.5, 0.6) is 0 Å². The number of hydrogen-bond acceptors (Lipinski definition) is 6. The summed E-state index contributed by atoms with van der Waals surface area (Å²) < 4.78 is 10.8. The normalized spacial score (nSPS) is 17.0. The minimum Gasteiger partial charge on any atom is -0.372 e. The Kier molecular flexibility index (Phi) is 4.91. The van der Waals surface area contributed by atoms with Gasteiger partial charge in [-0.25, -0.2) is 4.98 Å². The number of nitrogens with zero attached hydrogens (tertiary/aromatic N) is 3. The summed E-state index contributed by atoms with van der Waals surface area (Å²) in [7, 11) is 0. The topological polar surface area (TPSA) is 68.5 Å². The first kappa shape index (κ1) is 17.0. The van der Waals surface area contributed by atoms with E-state index in [2.05, 4.69) is 10.1 Å². The Hall–Kier alpha value is -1.86. The van der Waals surface area contributed by atoms with Gasteiger partial charge in [0.1, 0.15) is 10.8 Å². The van der Waals surface area contributed by atoms with E-state index in [0.29, 0.717) is 36.0 Å². The summed E-state index contributed by atoms with van der Waals surface area (Å²) >= 11 is 1.49. The third kappa shape index (κ3) is 3.96. The molecule has 0 atom stereocenters. The largest absolute Gasteiger partial charge is 0.372 e. The van der Waals surface area contributed by atoms with Gasteiger partial charge >= 0.3 is 0 Å². The minimum absolute atomic E-state index is 0.00157. The summed E-state index contributed by atoms with van der Waals surface area (Å²) in [5.41, 5.74) is 1.15. The van der Waals surface area contributed by atoms with Crippen molar-refractivity contribution >= 4 is 17.7 Å². The maximum atomic E-state index is 12.9. The Balaban J connectivity index is 1.74. The zero-order valence-corrected chi connectivity index (χ0v) is 14.9. The van der Waals surface area contributed by atoms with E-state index in [1.54, 1.807) is 12.3 Å². The summed E-state index contributed by atoms with van der Waals surface area (Å²) in [6.45, 7) is 7.59.